The van der Waals surface area contributed by atoms with Gasteiger partial charge in [-0.1, -0.05) is 37.1 Å². The van der Waals surface area contributed by atoms with Crippen molar-refractivity contribution in [1.29, 1.82) is 0 Å². The average Bonchev–Trinajstić information content (AvgIpc) is 2.71. The minimum Gasteiger partial charge on any atom is -0.496 e. The Morgan fingerprint density at radius 1 is 0.731 bits per heavy atom. The highest BCUT2D eigenvalue weighted by Crippen LogP contribution is 2.25. The van der Waals surface area contributed by atoms with Gasteiger partial charge >= 0.3 is 0 Å². The van der Waals surface area contributed by atoms with Crippen LogP contribution in [-0.4, -0.2) is 38.7 Å². The van der Waals surface area contributed by atoms with Gasteiger partial charge in [-0.05, 0) is 37.1 Å². The zero-order valence-electron chi connectivity index (χ0n) is 15.5. The quantitative estimate of drug-likeness (QED) is 0.717. The molecule has 136 valence electrons. The molecular formula is C22H26N2O2. The first-order valence-corrected chi connectivity index (χ1v) is 9.14. The highest BCUT2D eigenvalue weighted by molar-refractivity contribution is 5.84. The van der Waals surface area contributed by atoms with Gasteiger partial charge in [-0.15, -0.1) is 0 Å². The summed E-state index contributed by atoms with van der Waals surface area (Å²) in [5.74, 6) is 1.70. The Labute approximate surface area is 155 Å². The molecule has 2 aromatic carbocycles. The van der Waals surface area contributed by atoms with Crippen molar-refractivity contribution in [2.75, 3.05) is 14.2 Å². The van der Waals surface area contributed by atoms with Crippen LogP contribution >= 0.6 is 0 Å². The monoisotopic (exact) mass is 350 g/mol. The van der Waals surface area contributed by atoms with Gasteiger partial charge < -0.3 is 9.47 Å². The molecule has 0 N–H and O–H groups in total. The number of benzene rings is 2. The fourth-order valence-corrected chi connectivity index (χ4v) is 3.34. The molecule has 0 radical (unpaired) electrons. The van der Waals surface area contributed by atoms with Gasteiger partial charge in [0, 0.05) is 23.6 Å². The molecule has 0 bridgehead atoms. The number of para-hydroxylation sites is 2. The summed E-state index contributed by atoms with van der Waals surface area (Å²) in [4.78, 5) is 9.70. The van der Waals surface area contributed by atoms with E-state index in [2.05, 4.69) is 0 Å². The summed E-state index contributed by atoms with van der Waals surface area (Å²) in [6, 6.07) is 16.3. The molecule has 1 fully saturated rings. The van der Waals surface area contributed by atoms with Crippen molar-refractivity contribution in [3.8, 4) is 11.5 Å². The Hall–Kier alpha value is -2.62. The molecule has 0 aliphatic heterocycles. The van der Waals surface area contributed by atoms with E-state index in [1.54, 1.807) is 14.2 Å². The van der Waals surface area contributed by atoms with Gasteiger partial charge in [0.1, 0.15) is 11.5 Å². The van der Waals surface area contributed by atoms with Gasteiger partial charge in [-0.25, -0.2) is 0 Å². The molecule has 1 saturated carbocycles. The van der Waals surface area contributed by atoms with Crippen LogP contribution in [0.3, 0.4) is 0 Å². The first-order chi connectivity index (χ1) is 12.8. The van der Waals surface area contributed by atoms with Gasteiger partial charge in [-0.2, -0.15) is 0 Å². The number of rotatable bonds is 6. The number of hydrogen-bond acceptors (Lipinski definition) is 4. The summed E-state index contributed by atoms with van der Waals surface area (Å²) in [5, 5.41) is 0. The van der Waals surface area contributed by atoms with Gasteiger partial charge in [0.2, 0.25) is 0 Å². The van der Waals surface area contributed by atoms with Crippen molar-refractivity contribution < 1.29 is 9.47 Å². The zero-order valence-corrected chi connectivity index (χ0v) is 15.5. The summed E-state index contributed by atoms with van der Waals surface area (Å²) in [7, 11) is 3.38. The van der Waals surface area contributed by atoms with E-state index in [4.69, 9.17) is 19.5 Å². The van der Waals surface area contributed by atoms with Crippen molar-refractivity contribution in [1.82, 2.24) is 0 Å². The molecule has 26 heavy (non-hydrogen) atoms. The molecule has 1 aliphatic carbocycles. The summed E-state index contributed by atoms with van der Waals surface area (Å²) in [5.41, 5.74) is 2.01. The lowest BCUT2D eigenvalue weighted by atomic mass is 9.91. The van der Waals surface area contributed by atoms with Crippen LogP contribution in [0, 0.1) is 0 Å². The Morgan fingerprint density at radius 2 is 1.15 bits per heavy atom. The Bertz CT molecular complexity index is 705. The summed E-state index contributed by atoms with van der Waals surface area (Å²) in [6.45, 7) is 0. The standard InChI is InChI=1S/C22H26N2O2/c1-25-21-13-7-3-9-17(21)15-23-19-11-5-6-12-20(19)24-16-18-10-4-8-14-22(18)26-2/h3-4,7-10,13-16,19-20H,5-6,11-12H2,1-2H3. The predicted molar refractivity (Wildman–Crippen MR) is 107 cm³/mol. The van der Waals surface area contributed by atoms with Crippen LogP contribution in [0.2, 0.25) is 0 Å². The molecular weight excluding hydrogens is 324 g/mol. The Morgan fingerprint density at radius 3 is 1.58 bits per heavy atom. The van der Waals surface area contributed by atoms with Crippen LogP contribution in [0.15, 0.2) is 58.5 Å². The molecule has 2 aromatic rings. The molecule has 0 heterocycles. The molecule has 0 saturated heterocycles. The Balaban J connectivity index is 1.75. The van der Waals surface area contributed by atoms with E-state index in [-0.39, 0.29) is 12.1 Å². The van der Waals surface area contributed by atoms with Crippen molar-refractivity contribution >= 4 is 12.4 Å². The summed E-state index contributed by atoms with van der Waals surface area (Å²) in [6.07, 6.45) is 8.41. The normalized spacial score (nSPS) is 20.5. The second-order valence-electron chi connectivity index (χ2n) is 6.46. The highest BCUT2D eigenvalue weighted by Gasteiger charge is 2.23. The smallest absolute Gasteiger partial charge is 0.127 e. The molecule has 3 rings (SSSR count). The number of methoxy groups -OCH3 is 2. The first-order valence-electron chi connectivity index (χ1n) is 9.14. The van der Waals surface area contributed by atoms with Crippen LogP contribution in [-0.2, 0) is 0 Å². The molecule has 0 spiro atoms. The predicted octanol–water partition coefficient (Wildman–Crippen LogP) is 4.55. The number of hydrogen-bond donors (Lipinski definition) is 0. The van der Waals surface area contributed by atoms with Crippen LogP contribution in [0.1, 0.15) is 36.8 Å². The maximum absolute atomic E-state index is 5.41. The second-order valence-corrected chi connectivity index (χ2v) is 6.46. The van der Waals surface area contributed by atoms with Crippen LogP contribution in [0.25, 0.3) is 0 Å². The number of ether oxygens (including phenoxy) is 2. The lowest BCUT2D eigenvalue weighted by Crippen LogP contribution is -2.27. The molecule has 2 atom stereocenters. The second kappa shape index (κ2) is 9.18. The van der Waals surface area contributed by atoms with Crippen molar-refractivity contribution in [3.63, 3.8) is 0 Å². The average molecular weight is 350 g/mol. The fraction of sp³-hybridized carbons (Fsp3) is 0.364. The fourth-order valence-electron chi connectivity index (χ4n) is 3.34. The van der Waals surface area contributed by atoms with Gasteiger partial charge in [-0.3, -0.25) is 9.98 Å². The molecule has 0 aromatic heterocycles. The lowest BCUT2D eigenvalue weighted by Gasteiger charge is -2.25. The largest absolute Gasteiger partial charge is 0.496 e. The SMILES string of the molecule is COc1ccccc1C=NC1CCCCC1N=Cc1ccccc1OC. The summed E-state index contributed by atoms with van der Waals surface area (Å²) >= 11 is 0. The van der Waals surface area contributed by atoms with Crippen molar-refractivity contribution in [3.05, 3.63) is 59.7 Å². The van der Waals surface area contributed by atoms with E-state index >= 15 is 0 Å². The van der Waals surface area contributed by atoms with Crippen LogP contribution < -0.4 is 9.47 Å². The molecule has 4 heteroatoms. The van der Waals surface area contributed by atoms with E-state index in [0.717, 1.165) is 35.5 Å². The van der Waals surface area contributed by atoms with Gasteiger partial charge in [0.05, 0.1) is 26.3 Å². The number of nitrogens with zero attached hydrogens (tertiary/aromatic N) is 2. The summed E-state index contributed by atoms with van der Waals surface area (Å²) < 4.78 is 10.8. The third-order valence-corrected chi connectivity index (χ3v) is 4.78. The van der Waals surface area contributed by atoms with E-state index in [0.29, 0.717) is 0 Å². The highest BCUT2D eigenvalue weighted by atomic mass is 16.5. The lowest BCUT2D eigenvalue weighted by molar-refractivity contribution is 0.389. The third kappa shape index (κ3) is 4.51. The minimum absolute atomic E-state index is 0.208. The van der Waals surface area contributed by atoms with Gasteiger partial charge in [0.15, 0.2) is 0 Å². The van der Waals surface area contributed by atoms with Crippen molar-refractivity contribution in [2.45, 2.75) is 37.8 Å². The molecule has 0 amide bonds. The topological polar surface area (TPSA) is 43.2 Å². The first kappa shape index (κ1) is 18.2. The van der Waals surface area contributed by atoms with E-state index < -0.39 is 0 Å². The zero-order chi connectivity index (χ0) is 18.2. The van der Waals surface area contributed by atoms with Crippen LogP contribution in [0.5, 0.6) is 11.5 Å². The number of aliphatic imine (C=N–C) groups is 2. The molecule has 2 unspecified atom stereocenters. The van der Waals surface area contributed by atoms with Gasteiger partial charge in [0.25, 0.3) is 0 Å². The third-order valence-electron chi connectivity index (χ3n) is 4.78. The molecule has 4 nitrogen and oxygen atoms in total. The minimum atomic E-state index is 0.208. The van der Waals surface area contributed by atoms with E-state index in [9.17, 15) is 0 Å². The maximum atomic E-state index is 5.41. The molecule has 1 aliphatic rings. The maximum Gasteiger partial charge on any atom is 0.127 e. The van der Waals surface area contributed by atoms with E-state index in [1.807, 2.05) is 61.0 Å². The Kier molecular flexibility index (Phi) is 6.42. The van der Waals surface area contributed by atoms with E-state index in [1.165, 1.54) is 12.8 Å². The van der Waals surface area contributed by atoms with Crippen LogP contribution in [0.4, 0.5) is 0 Å². The van der Waals surface area contributed by atoms with Crippen molar-refractivity contribution in [2.24, 2.45) is 9.98 Å².